The van der Waals surface area contributed by atoms with Crippen LogP contribution >= 0.6 is 0 Å². The highest BCUT2D eigenvalue weighted by molar-refractivity contribution is 5.97. The van der Waals surface area contributed by atoms with Crippen LogP contribution in [0.25, 0.3) is 22.3 Å². The van der Waals surface area contributed by atoms with E-state index < -0.39 is 6.04 Å². The van der Waals surface area contributed by atoms with Gasteiger partial charge >= 0.3 is 0 Å². The van der Waals surface area contributed by atoms with Crippen molar-refractivity contribution in [1.29, 1.82) is 0 Å². The van der Waals surface area contributed by atoms with Crippen molar-refractivity contribution in [2.75, 3.05) is 32.0 Å². The molecule has 4 unspecified atom stereocenters. The molecule has 7 aliphatic rings. The molecule has 10 rings (SSSR count). The molecule has 3 N–H and O–H groups in total. The van der Waals surface area contributed by atoms with Crippen molar-refractivity contribution in [2.45, 2.75) is 133 Å². The molecule has 4 fully saturated rings. The number of hydrogen-bond acceptors (Lipinski definition) is 6. The number of anilines is 1. The molecule has 304 valence electrons. The van der Waals surface area contributed by atoms with Gasteiger partial charge in [-0.3, -0.25) is 19.4 Å². The van der Waals surface area contributed by atoms with Gasteiger partial charge in [-0.1, -0.05) is 63.1 Å². The quantitative estimate of drug-likeness (QED) is 0.182. The molecule has 2 saturated carbocycles. The predicted molar refractivity (Wildman–Crippen MR) is 230 cm³/mol. The SMILES string of the molecule is CNC(C(=O)N1CCC[C@@H]1C1=NCC(c2ccc(-c3ccc(-c4cccc(NC(=O)[C@@H]5CCCN5C=O)c4)c4c3CC3(CCCC3)C4)c3c2C2CCC3C2)N1)C(C)C. The van der Waals surface area contributed by atoms with E-state index in [-0.39, 0.29) is 35.9 Å². The van der Waals surface area contributed by atoms with E-state index in [1.807, 2.05) is 13.1 Å². The number of aliphatic imine (C=N–C) groups is 1. The number of fused-ring (bicyclic) bond motifs is 6. The van der Waals surface area contributed by atoms with E-state index in [0.29, 0.717) is 30.2 Å². The molecule has 1 spiro atoms. The lowest BCUT2D eigenvalue weighted by Gasteiger charge is -2.31. The Labute approximate surface area is 343 Å². The lowest BCUT2D eigenvalue weighted by molar-refractivity contribution is -0.134. The molecular formula is C49H60N6O3. The third kappa shape index (κ3) is 6.29. The Morgan fingerprint density at radius 1 is 0.879 bits per heavy atom. The predicted octanol–water partition coefficient (Wildman–Crippen LogP) is 7.88. The Morgan fingerprint density at radius 2 is 1.62 bits per heavy atom. The van der Waals surface area contributed by atoms with Crippen molar-refractivity contribution in [1.82, 2.24) is 20.4 Å². The van der Waals surface area contributed by atoms with Crippen LogP contribution in [0.4, 0.5) is 5.69 Å². The molecule has 6 atom stereocenters. The number of amidine groups is 1. The van der Waals surface area contributed by atoms with Gasteiger partial charge < -0.3 is 25.8 Å². The van der Waals surface area contributed by atoms with Crippen LogP contribution in [0.2, 0.25) is 0 Å². The Balaban J connectivity index is 0.967. The molecule has 3 aromatic rings. The molecule has 3 aromatic carbocycles. The highest BCUT2D eigenvalue weighted by Crippen LogP contribution is 2.59. The lowest BCUT2D eigenvalue weighted by Crippen LogP contribution is -2.53. The van der Waals surface area contributed by atoms with Crippen LogP contribution in [-0.4, -0.2) is 78.7 Å². The van der Waals surface area contributed by atoms with Crippen LogP contribution in [0, 0.1) is 11.3 Å². The Hall–Kier alpha value is -4.50. The summed E-state index contributed by atoms with van der Waals surface area (Å²) in [7, 11) is 1.90. The van der Waals surface area contributed by atoms with E-state index in [1.54, 1.807) is 16.0 Å². The average Bonchev–Trinajstić information content (AvgIpc) is 4.09. The summed E-state index contributed by atoms with van der Waals surface area (Å²) in [6.45, 7) is 6.38. The molecule has 3 amide bonds. The minimum atomic E-state index is -0.399. The van der Waals surface area contributed by atoms with Crippen molar-refractivity contribution >= 4 is 29.7 Å². The van der Waals surface area contributed by atoms with Gasteiger partial charge in [0.25, 0.3) is 0 Å². The third-order valence-electron chi connectivity index (χ3n) is 15.5. The highest BCUT2D eigenvalue weighted by Gasteiger charge is 2.46. The van der Waals surface area contributed by atoms with E-state index in [9.17, 15) is 14.4 Å². The maximum absolute atomic E-state index is 13.7. The van der Waals surface area contributed by atoms with Crippen LogP contribution in [0.3, 0.4) is 0 Å². The van der Waals surface area contributed by atoms with E-state index in [4.69, 9.17) is 4.99 Å². The largest absolute Gasteiger partial charge is 0.363 e. The van der Waals surface area contributed by atoms with Gasteiger partial charge in [-0.15, -0.1) is 0 Å². The van der Waals surface area contributed by atoms with Crippen LogP contribution in [0.15, 0.2) is 53.5 Å². The molecule has 3 aliphatic heterocycles. The molecule has 9 nitrogen and oxygen atoms in total. The van der Waals surface area contributed by atoms with Crippen molar-refractivity contribution in [3.63, 3.8) is 0 Å². The van der Waals surface area contributed by atoms with E-state index in [2.05, 4.69) is 77.2 Å². The monoisotopic (exact) mass is 780 g/mol. The minimum Gasteiger partial charge on any atom is -0.363 e. The number of nitrogens with zero attached hydrogens (tertiary/aromatic N) is 3. The fourth-order valence-electron chi connectivity index (χ4n) is 12.8. The molecule has 3 heterocycles. The van der Waals surface area contributed by atoms with Gasteiger partial charge in [-0.2, -0.15) is 0 Å². The summed E-state index contributed by atoms with van der Waals surface area (Å²) in [5.41, 5.74) is 14.1. The smallest absolute Gasteiger partial charge is 0.247 e. The fourth-order valence-corrected chi connectivity index (χ4v) is 12.8. The molecule has 2 bridgehead atoms. The maximum Gasteiger partial charge on any atom is 0.247 e. The second-order valence-corrected chi connectivity index (χ2v) is 19.1. The summed E-state index contributed by atoms with van der Waals surface area (Å²) >= 11 is 0. The van der Waals surface area contributed by atoms with Crippen molar-refractivity contribution in [2.24, 2.45) is 16.3 Å². The van der Waals surface area contributed by atoms with Gasteiger partial charge in [-0.05, 0) is 163 Å². The van der Waals surface area contributed by atoms with Crippen molar-refractivity contribution < 1.29 is 14.4 Å². The summed E-state index contributed by atoms with van der Waals surface area (Å²) < 4.78 is 0. The lowest BCUT2D eigenvalue weighted by atomic mass is 9.79. The van der Waals surface area contributed by atoms with Crippen LogP contribution < -0.4 is 16.0 Å². The number of likely N-dealkylation sites (N-methyl/N-ethyl adjacent to an activating group) is 1. The van der Waals surface area contributed by atoms with E-state index >= 15 is 0 Å². The Morgan fingerprint density at radius 3 is 2.40 bits per heavy atom. The van der Waals surface area contributed by atoms with Crippen LogP contribution in [0.1, 0.15) is 130 Å². The third-order valence-corrected chi connectivity index (χ3v) is 15.5. The molecule has 9 heteroatoms. The average molecular weight is 781 g/mol. The van der Waals surface area contributed by atoms with Gasteiger partial charge in [0.05, 0.1) is 24.7 Å². The van der Waals surface area contributed by atoms with Crippen LogP contribution in [0.5, 0.6) is 0 Å². The van der Waals surface area contributed by atoms with E-state index in [1.165, 1.54) is 78.3 Å². The van der Waals surface area contributed by atoms with Gasteiger partial charge in [0, 0.05) is 18.8 Å². The first-order valence-corrected chi connectivity index (χ1v) is 22.5. The van der Waals surface area contributed by atoms with Crippen molar-refractivity contribution in [3.8, 4) is 22.3 Å². The first-order chi connectivity index (χ1) is 28.3. The molecular weight excluding hydrogens is 721 g/mol. The molecule has 0 radical (unpaired) electrons. The summed E-state index contributed by atoms with van der Waals surface area (Å²) in [6.07, 6.45) is 15.6. The van der Waals surface area contributed by atoms with Crippen molar-refractivity contribution in [3.05, 3.63) is 76.3 Å². The number of amides is 3. The number of carbonyl (C=O) groups excluding carboxylic acids is 3. The number of nitrogens with one attached hydrogen (secondary N) is 3. The summed E-state index contributed by atoms with van der Waals surface area (Å²) in [5.74, 6) is 2.51. The van der Waals surface area contributed by atoms with Crippen LogP contribution in [-0.2, 0) is 27.2 Å². The molecule has 4 aliphatic carbocycles. The summed E-state index contributed by atoms with van der Waals surface area (Å²) in [5, 5.41) is 10.3. The van der Waals surface area contributed by atoms with Gasteiger partial charge in [0.1, 0.15) is 11.9 Å². The fraction of sp³-hybridized carbons (Fsp3) is 0.551. The Kier molecular flexibility index (Phi) is 9.73. The zero-order valence-corrected chi connectivity index (χ0v) is 34.6. The second-order valence-electron chi connectivity index (χ2n) is 19.1. The first kappa shape index (κ1) is 37.7. The topological polar surface area (TPSA) is 106 Å². The molecule has 0 aromatic heterocycles. The number of benzene rings is 3. The summed E-state index contributed by atoms with van der Waals surface area (Å²) in [4.78, 5) is 47.4. The summed E-state index contributed by atoms with van der Waals surface area (Å²) in [6, 6.07) is 17.6. The zero-order valence-electron chi connectivity index (χ0n) is 34.6. The zero-order chi connectivity index (χ0) is 39.7. The molecule has 2 saturated heterocycles. The number of rotatable bonds is 10. The Bertz CT molecular complexity index is 2170. The first-order valence-electron chi connectivity index (χ1n) is 22.5. The normalized spacial score (nSPS) is 27.0. The molecule has 58 heavy (non-hydrogen) atoms. The second kappa shape index (κ2) is 15.0. The van der Waals surface area contributed by atoms with Gasteiger partial charge in [0.2, 0.25) is 18.2 Å². The standard InChI is InChI=1S/C49H60N6O3/c1-29(2)45(50-3)48(58)55-22-8-11-41(55)46-51-27-40(53-46)37-18-17-36(43-31-13-14-32(23-31)44(37)43)35-16-15-34(38-25-49(26-39(35)38)19-4-5-20-49)30-9-6-10-33(24-30)52-47(57)42-12-7-21-54(42)28-56/h6,9-10,15-18,24,28-29,31-32,40-42,45,50H,4-5,7-8,11-14,19-23,25-27H2,1-3H3,(H,51,53)(H,52,57)/t31?,32?,40?,41-,42+,45?/m1/s1. The van der Waals surface area contributed by atoms with Gasteiger partial charge in [0.15, 0.2) is 0 Å². The maximum atomic E-state index is 13.7. The van der Waals surface area contributed by atoms with E-state index in [0.717, 1.165) is 68.7 Å². The number of likely N-dealkylation sites (tertiary alicyclic amines) is 2. The highest BCUT2D eigenvalue weighted by atomic mass is 16.2. The number of carbonyl (C=O) groups is 3. The minimum absolute atomic E-state index is 0.0250. The van der Waals surface area contributed by atoms with Gasteiger partial charge in [-0.25, -0.2) is 0 Å². The number of hydrogen-bond donors (Lipinski definition) is 3.